The van der Waals surface area contributed by atoms with Crippen molar-refractivity contribution < 1.29 is 22.4 Å². The molecule has 2 unspecified atom stereocenters. The third kappa shape index (κ3) is 6.78. The van der Waals surface area contributed by atoms with E-state index in [9.17, 15) is 22.4 Å². The number of amides is 1. The number of alkyl halides is 4. The first-order valence-electron chi connectivity index (χ1n) is 8.20. The van der Waals surface area contributed by atoms with E-state index < -0.39 is 30.9 Å². The van der Waals surface area contributed by atoms with E-state index in [1.165, 1.54) is 4.90 Å². The lowest BCUT2D eigenvalue weighted by Crippen LogP contribution is -2.54. The van der Waals surface area contributed by atoms with Crippen molar-refractivity contribution >= 4 is 30.7 Å². The average molecular weight is 434 g/mol. The maximum atomic E-state index is 13.1. The average Bonchev–Trinajstić information content (AvgIpc) is 2.61. The molecular formula is C17H25Cl2F4N3O. The van der Waals surface area contributed by atoms with Gasteiger partial charge in [-0.05, 0) is 5.56 Å². The summed E-state index contributed by atoms with van der Waals surface area (Å²) in [5.41, 5.74) is 7.00. The van der Waals surface area contributed by atoms with E-state index in [1.807, 2.05) is 30.3 Å². The van der Waals surface area contributed by atoms with Gasteiger partial charge in [-0.15, -0.1) is 24.8 Å². The van der Waals surface area contributed by atoms with Crippen LogP contribution in [0.15, 0.2) is 30.3 Å². The van der Waals surface area contributed by atoms with Crippen molar-refractivity contribution in [2.75, 3.05) is 32.7 Å². The van der Waals surface area contributed by atoms with Crippen molar-refractivity contribution in [3.05, 3.63) is 35.9 Å². The molecule has 0 spiro atoms. The Bertz CT molecular complexity index is 573. The van der Waals surface area contributed by atoms with E-state index in [-0.39, 0.29) is 56.9 Å². The maximum absolute atomic E-state index is 13.1. The summed E-state index contributed by atoms with van der Waals surface area (Å²) in [6.45, 7) is 1.47. The molecule has 0 radical (unpaired) electrons. The van der Waals surface area contributed by atoms with E-state index in [0.717, 1.165) is 5.56 Å². The van der Waals surface area contributed by atoms with E-state index in [1.54, 1.807) is 11.8 Å². The van der Waals surface area contributed by atoms with Gasteiger partial charge in [-0.25, -0.2) is 8.78 Å². The quantitative estimate of drug-likeness (QED) is 0.700. The molecule has 1 aliphatic rings. The van der Waals surface area contributed by atoms with Crippen molar-refractivity contribution in [2.24, 2.45) is 11.7 Å². The Morgan fingerprint density at radius 1 is 1.11 bits per heavy atom. The normalized spacial score (nSPS) is 17.7. The summed E-state index contributed by atoms with van der Waals surface area (Å²) < 4.78 is 50.8. The van der Waals surface area contributed by atoms with Crippen molar-refractivity contribution in [1.82, 2.24) is 9.80 Å². The zero-order valence-corrected chi connectivity index (χ0v) is 16.5. The number of carbonyl (C=O) groups is 1. The van der Waals surface area contributed by atoms with Crippen LogP contribution in [0.3, 0.4) is 0 Å². The highest BCUT2D eigenvalue weighted by Gasteiger charge is 2.43. The Kier molecular flexibility index (Phi) is 10.6. The summed E-state index contributed by atoms with van der Waals surface area (Å²) in [5.74, 6) is -4.65. The van der Waals surface area contributed by atoms with Gasteiger partial charge in [-0.1, -0.05) is 37.3 Å². The van der Waals surface area contributed by atoms with Crippen molar-refractivity contribution in [1.29, 1.82) is 0 Å². The Balaban J connectivity index is 0.00000338. The van der Waals surface area contributed by atoms with Gasteiger partial charge in [0.1, 0.15) is 0 Å². The predicted molar refractivity (Wildman–Crippen MR) is 101 cm³/mol. The van der Waals surface area contributed by atoms with Gasteiger partial charge in [0.2, 0.25) is 5.91 Å². The van der Waals surface area contributed by atoms with Crippen LogP contribution in [0.2, 0.25) is 0 Å². The highest BCUT2D eigenvalue weighted by atomic mass is 35.5. The number of benzene rings is 1. The zero-order valence-electron chi connectivity index (χ0n) is 14.9. The third-order valence-corrected chi connectivity index (χ3v) is 4.55. The number of rotatable bonds is 6. The molecule has 1 fully saturated rings. The van der Waals surface area contributed by atoms with Crippen LogP contribution in [0.5, 0.6) is 0 Å². The minimum atomic E-state index is -4.03. The molecule has 1 amide bonds. The van der Waals surface area contributed by atoms with Gasteiger partial charge in [0.15, 0.2) is 0 Å². The summed E-state index contributed by atoms with van der Waals surface area (Å²) in [6, 6.07) is 8.77. The highest BCUT2D eigenvalue weighted by molar-refractivity contribution is 5.85. The van der Waals surface area contributed by atoms with Crippen LogP contribution in [0.25, 0.3) is 0 Å². The molecule has 1 aliphatic heterocycles. The minimum absolute atomic E-state index is 0. The first kappa shape index (κ1) is 25.9. The first-order valence-corrected chi connectivity index (χ1v) is 8.20. The lowest BCUT2D eigenvalue weighted by Gasteiger charge is -2.37. The molecular weight excluding hydrogens is 409 g/mol. The van der Waals surface area contributed by atoms with Gasteiger partial charge >= 0.3 is 12.3 Å². The molecule has 0 aromatic heterocycles. The standard InChI is InChI=1S/C17H23F4N3O.2ClH/c1-12(14(22)13-5-3-2-4-6-13)15(25)24-9-7-23(8-10-24)11-17(20,21)16(18)19;;/h2-6,12,14,16H,7-11,22H2,1H3;2*1H. The Labute approximate surface area is 168 Å². The number of hydrogen-bond acceptors (Lipinski definition) is 3. The smallest absolute Gasteiger partial charge is 0.319 e. The number of halogens is 6. The Morgan fingerprint density at radius 2 is 1.63 bits per heavy atom. The van der Waals surface area contributed by atoms with Crippen LogP contribution < -0.4 is 5.73 Å². The summed E-state index contributed by atoms with van der Waals surface area (Å²) in [5, 5.41) is 0. The molecule has 27 heavy (non-hydrogen) atoms. The fraction of sp³-hybridized carbons (Fsp3) is 0.588. The lowest BCUT2D eigenvalue weighted by atomic mass is 9.94. The number of carbonyl (C=O) groups excluding carboxylic acids is 1. The molecule has 1 heterocycles. The molecule has 2 atom stereocenters. The number of nitrogens with two attached hydrogens (primary N) is 1. The van der Waals surface area contributed by atoms with E-state index in [4.69, 9.17) is 5.73 Å². The molecule has 1 aromatic rings. The van der Waals surface area contributed by atoms with Crippen LogP contribution in [0, 0.1) is 5.92 Å². The second-order valence-corrected chi connectivity index (χ2v) is 6.39. The van der Waals surface area contributed by atoms with Crippen LogP contribution in [0.1, 0.15) is 18.5 Å². The minimum Gasteiger partial charge on any atom is -0.340 e. The largest absolute Gasteiger partial charge is 0.340 e. The van der Waals surface area contributed by atoms with E-state index >= 15 is 0 Å². The molecule has 2 rings (SSSR count). The van der Waals surface area contributed by atoms with Gasteiger partial charge in [-0.2, -0.15) is 8.78 Å². The summed E-state index contributed by atoms with van der Waals surface area (Å²) in [7, 11) is 0. The van der Waals surface area contributed by atoms with Gasteiger partial charge in [0.25, 0.3) is 0 Å². The molecule has 1 saturated heterocycles. The van der Waals surface area contributed by atoms with Crippen molar-refractivity contribution in [3.63, 3.8) is 0 Å². The SMILES string of the molecule is CC(C(=O)N1CCN(CC(F)(F)C(F)F)CC1)C(N)c1ccccc1.Cl.Cl. The van der Waals surface area contributed by atoms with Crippen molar-refractivity contribution in [3.8, 4) is 0 Å². The summed E-state index contributed by atoms with van der Waals surface area (Å²) in [4.78, 5) is 15.4. The molecule has 0 aliphatic carbocycles. The predicted octanol–water partition coefficient (Wildman–Crippen LogP) is 3.21. The van der Waals surface area contributed by atoms with E-state index in [0.29, 0.717) is 0 Å². The topological polar surface area (TPSA) is 49.6 Å². The van der Waals surface area contributed by atoms with Gasteiger partial charge in [-0.3, -0.25) is 9.69 Å². The monoisotopic (exact) mass is 433 g/mol. The van der Waals surface area contributed by atoms with Gasteiger partial charge < -0.3 is 10.6 Å². The number of hydrogen-bond donors (Lipinski definition) is 1. The Morgan fingerprint density at radius 3 is 2.11 bits per heavy atom. The van der Waals surface area contributed by atoms with Crippen LogP contribution in [-0.2, 0) is 4.79 Å². The zero-order chi connectivity index (χ0) is 18.6. The van der Waals surface area contributed by atoms with Crippen LogP contribution >= 0.6 is 24.8 Å². The summed E-state index contributed by atoms with van der Waals surface area (Å²) >= 11 is 0. The van der Waals surface area contributed by atoms with Gasteiger partial charge in [0, 0.05) is 32.2 Å². The molecule has 10 heteroatoms. The fourth-order valence-electron chi connectivity index (χ4n) is 2.90. The molecule has 1 aromatic carbocycles. The maximum Gasteiger partial charge on any atom is 0.319 e. The first-order chi connectivity index (χ1) is 11.7. The van der Waals surface area contributed by atoms with Gasteiger partial charge in [0.05, 0.1) is 12.5 Å². The summed E-state index contributed by atoms with van der Waals surface area (Å²) in [6.07, 6.45) is -3.68. The van der Waals surface area contributed by atoms with E-state index in [2.05, 4.69) is 0 Å². The van der Waals surface area contributed by atoms with Crippen molar-refractivity contribution in [2.45, 2.75) is 25.3 Å². The second kappa shape index (κ2) is 11.0. The molecule has 156 valence electrons. The van der Waals surface area contributed by atoms with Crippen LogP contribution in [0.4, 0.5) is 17.6 Å². The number of piperazine rings is 1. The van der Waals surface area contributed by atoms with Crippen LogP contribution in [-0.4, -0.2) is 60.8 Å². The second-order valence-electron chi connectivity index (χ2n) is 6.39. The molecule has 0 bridgehead atoms. The molecule has 2 N–H and O–H groups in total. The Hall–Kier alpha value is -1.09. The molecule has 4 nitrogen and oxygen atoms in total. The number of nitrogens with zero attached hydrogens (tertiary/aromatic N) is 2. The lowest BCUT2D eigenvalue weighted by molar-refractivity contribution is -0.149. The third-order valence-electron chi connectivity index (χ3n) is 4.55. The highest BCUT2D eigenvalue weighted by Crippen LogP contribution is 2.25. The fourth-order valence-corrected chi connectivity index (χ4v) is 2.90. The molecule has 0 saturated carbocycles.